The van der Waals surface area contributed by atoms with E-state index in [1.165, 1.54) is 16.8 Å². The lowest BCUT2D eigenvalue weighted by Gasteiger charge is -2.51. The Bertz CT molecular complexity index is 1010. The maximum atomic E-state index is 12.7. The van der Waals surface area contributed by atoms with Gasteiger partial charge in [0.15, 0.2) is 14.5 Å². The third-order valence-corrected chi connectivity index (χ3v) is 20.0. The summed E-state index contributed by atoms with van der Waals surface area (Å²) in [5, 5.41) is 10.6. The van der Waals surface area contributed by atoms with Crippen molar-refractivity contribution in [1.82, 2.24) is 9.55 Å². The number of nitriles is 1. The van der Waals surface area contributed by atoms with Crippen LogP contribution in [0, 0.1) is 16.7 Å². The van der Waals surface area contributed by atoms with Crippen LogP contribution in [0.1, 0.15) is 68.5 Å². The molecule has 2 saturated heterocycles. The Morgan fingerprint density at radius 2 is 1.67 bits per heavy atom. The van der Waals surface area contributed by atoms with Gasteiger partial charge in [-0.25, -0.2) is 4.79 Å². The molecule has 3 rings (SSSR count). The Morgan fingerprint density at radius 3 is 2.12 bits per heavy atom. The molecule has 184 valence electrons. The summed E-state index contributed by atoms with van der Waals surface area (Å²) >= 11 is 0. The summed E-state index contributed by atoms with van der Waals surface area (Å²) in [6.07, 6.45) is 0.205. The minimum Gasteiger partial charge on any atom is -0.434 e. The highest BCUT2D eigenvalue weighted by molar-refractivity contribution is 6.88. The average Bonchev–Trinajstić information content (AvgIpc) is 2.90. The second-order valence-electron chi connectivity index (χ2n) is 11.0. The molecule has 0 aliphatic carbocycles. The summed E-state index contributed by atoms with van der Waals surface area (Å²) < 4.78 is 22.1. The van der Waals surface area contributed by atoms with Gasteiger partial charge < -0.3 is 13.3 Å². The number of hydrogen-bond donors (Lipinski definition) is 1. The molecule has 0 bridgehead atoms. The molecule has 4 unspecified atom stereocenters. The minimum absolute atomic E-state index is 0.203. The van der Waals surface area contributed by atoms with Crippen LogP contribution in [0.25, 0.3) is 0 Å². The van der Waals surface area contributed by atoms with Gasteiger partial charge in [0.2, 0.25) is 0 Å². The quantitative estimate of drug-likeness (QED) is 0.609. The first-order chi connectivity index (χ1) is 15.3. The van der Waals surface area contributed by atoms with Crippen LogP contribution in [0.4, 0.5) is 0 Å². The lowest BCUT2D eigenvalue weighted by Crippen LogP contribution is -2.62. The number of nitrogens with one attached hydrogen (secondary N) is 1. The van der Waals surface area contributed by atoms with Gasteiger partial charge in [-0.3, -0.25) is 14.3 Å². The molecule has 0 amide bonds. The van der Waals surface area contributed by atoms with Gasteiger partial charge in [0.1, 0.15) is 5.41 Å². The van der Waals surface area contributed by atoms with Crippen molar-refractivity contribution in [2.75, 3.05) is 6.61 Å². The standard InChI is InChI=1S/C23H39N3O5Si2/c1-14(2)32(15(3)4)20-18(12-29-33(31-32,16(5)6)17(7)8)30-21(23(20,9)13-24)26-11-10-19(27)25-22(26)28/h10-11,14-18,20-21H,12H2,1-9H3,(H,25,27,28). The van der Waals surface area contributed by atoms with E-state index >= 15 is 0 Å². The Kier molecular flexibility index (Phi) is 7.06. The van der Waals surface area contributed by atoms with Crippen molar-refractivity contribution >= 4 is 16.9 Å². The van der Waals surface area contributed by atoms with E-state index < -0.39 is 39.8 Å². The van der Waals surface area contributed by atoms with Crippen LogP contribution in [0.3, 0.4) is 0 Å². The van der Waals surface area contributed by atoms with Crippen LogP contribution < -0.4 is 11.2 Å². The third kappa shape index (κ3) is 3.82. The average molecular weight is 494 g/mol. The Hall–Kier alpha value is -1.52. The molecule has 3 heterocycles. The molecule has 0 aromatic carbocycles. The second-order valence-corrected chi connectivity index (χ2v) is 20.5. The zero-order chi connectivity index (χ0) is 24.9. The second kappa shape index (κ2) is 8.93. The Morgan fingerprint density at radius 1 is 1.09 bits per heavy atom. The van der Waals surface area contributed by atoms with Gasteiger partial charge in [-0.1, -0.05) is 55.4 Å². The van der Waals surface area contributed by atoms with Crippen LogP contribution in [-0.4, -0.2) is 39.1 Å². The van der Waals surface area contributed by atoms with Crippen molar-refractivity contribution in [3.05, 3.63) is 33.1 Å². The molecule has 0 spiro atoms. The fourth-order valence-electron chi connectivity index (χ4n) is 6.35. The van der Waals surface area contributed by atoms with Crippen molar-refractivity contribution in [3.63, 3.8) is 0 Å². The molecular weight excluding hydrogens is 454 g/mol. The van der Waals surface area contributed by atoms with Crippen LogP contribution in [-0.2, 0) is 13.3 Å². The number of hydrogen-bond acceptors (Lipinski definition) is 6. The molecule has 2 aliphatic heterocycles. The molecule has 1 N–H and O–H groups in total. The lowest BCUT2D eigenvalue weighted by atomic mass is 9.86. The number of ether oxygens (including phenoxy) is 1. The van der Waals surface area contributed by atoms with Crippen molar-refractivity contribution < 1.29 is 13.3 Å². The third-order valence-electron chi connectivity index (χ3n) is 7.89. The number of aromatic nitrogens is 2. The van der Waals surface area contributed by atoms with Crippen LogP contribution in [0.2, 0.25) is 27.7 Å². The highest BCUT2D eigenvalue weighted by atomic mass is 28.4. The van der Waals surface area contributed by atoms with E-state index in [2.05, 4.69) is 66.4 Å². The Labute approximate surface area is 198 Å². The van der Waals surface area contributed by atoms with Gasteiger partial charge >= 0.3 is 14.3 Å². The van der Waals surface area contributed by atoms with Crippen molar-refractivity contribution in [2.45, 2.75) is 102 Å². The molecule has 0 radical (unpaired) electrons. The summed E-state index contributed by atoms with van der Waals surface area (Å²) in [7, 11) is -5.39. The summed E-state index contributed by atoms with van der Waals surface area (Å²) in [6, 6.07) is 3.83. The highest BCUT2D eigenvalue weighted by Crippen LogP contribution is 2.64. The van der Waals surface area contributed by atoms with Gasteiger partial charge in [-0.05, 0) is 29.1 Å². The van der Waals surface area contributed by atoms with Crippen LogP contribution in [0.15, 0.2) is 21.9 Å². The smallest absolute Gasteiger partial charge is 0.333 e. The summed E-state index contributed by atoms with van der Waals surface area (Å²) in [4.78, 5) is 26.6. The van der Waals surface area contributed by atoms with E-state index in [4.69, 9.17) is 13.3 Å². The Balaban J connectivity index is 2.27. The van der Waals surface area contributed by atoms with Gasteiger partial charge in [-0.2, -0.15) is 5.26 Å². The highest BCUT2D eigenvalue weighted by Gasteiger charge is 2.70. The van der Waals surface area contributed by atoms with Gasteiger partial charge in [-0.15, -0.1) is 0 Å². The topological polar surface area (TPSA) is 106 Å². The number of aromatic amines is 1. The summed E-state index contributed by atoms with van der Waals surface area (Å²) in [6.45, 7) is 19.7. The van der Waals surface area contributed by atoms with Gasteiger partial charge in [0.25, 0.3) is 5.56 Å². The van der Waals surface area contributed by atoms with Crippen molar-refractivity contribution in [3.8, 4) is 6.07 Å². The molecule has 8 nitrogen and oxygen atoms in total. The lowest BCUT2D eigenvalue weighted by molar-refractivity contribution is -0.0423. The predicted octanol–water partition coefficient (Wildman–Crippen LogP) is 4.41. The van der Waals surface area contributed by atoms with E-state index in [9.17, 15) is 14.9 Å². The van der Waals surface area contributed by atoms with E-state index in [0.29, 0.717) is 6.61 Å². The normalized spacial score (nSPS) is 31.1. The molecule has 10 heteroatoms. The van der Waals surface area contributed by atoms with Gasteiger partial charge in [0, 0.05) is 17.8 Å². The largest absolute Gasteiger partial charge is 0.434 e. The molecular formula is C23H39N3O5Si2. The monoisotopic (exact) mass is 493 g/mol. The van der Waals surface area contributed by atoms with Crippen molar-refractivity contribution in [1.29, 1.82) is 5.26 Å². The van der Waals surface area contributed by atoms with E-state index in [1.54, 1.807) is 0 Å². The molecule has 2 aliphatic rings. The van der Waals surface area contributed by atoms with Crippen molar-refractivity contribution in [2.24, 2.45) is 5.41 Å². The van der Waals surface area contributed by atoms with E-state index in [0.717, 1.165) is 0 Å². The summed E-state index contributed by atoms with van der Waals surface area (Å²) in [5.41, 5.74) is -1.40. The SMILES string of the molecule is CC(C)[Si]1(C(C)C)OCC2OC(n3ccc(=O)[nH]c3=O)C(C)(C#N)C2[Si](C(C)C)(C(C)C)O1. The molecule has 2 fully saturated rings. The maximum absolute atomic E-state index is 12.7. The molecule has 1 aromatic heterocycles. The zero-order valence-corrected chi connectivity index (χ0v) is 23.3. The molecule has 4 atom stereocenters. The zero-order valence-electron chi connectivity index (χ0n) is 21.3. The number of nitrogens with zero attached hydrogens (tertiary/aromatic N) is 2. The fourth-order valence-corrected chi connectivity index (χ4v) is 20.2. The van der Waals surface area contributed by atoms with E-state index in [1.807, 2.05) is 6.92 Å². The number of rotatable bonds is 5. The van der Waals surface area contributed by atoms with Crippen LogP contribution >= 0.6 is 0 Å². The first-order valence-corrected chi connectivity index (χ1v) is 16.1. The fraction of sp³-hybridized carbons (Fsp3) is 0.783. The first kappa shape index (κ1) is 26.1. The molecule has 0 saturated carbocycles. The number of H-pyrrole nitrogens is 1. The van der Waals surface area contributed by atoms with E-state index in [-0.39, 0.29) is 33.8 Å². The first-order valence-electron chi connectivity index (χ1n) is 12.0. The summed E-state index contributed by atoms with van der Waals surface area (Å²) in [5.74, 6) is 0. The maximum Gasteiger partial charge on any atom is 0.333 e. The number of fused-ring (bicyclic) bond motifs is 1. The van der Waals surface area contributed by atoms with Gasteiger partial charge in [0.05, 0.1) is 18.8 Å². The predicted molar refractivity (Wildman–Crippen MR) is 132 cm³/mol. The minimum atomic E-state index is -2.74. The molecule has 33 heavy (non-hydrogen) atoms. The van der Waals surface area contributed by atoms with Crippen LogP contribution in [0.5, 0.6) is 0 Å². The molecule has 1 aromatic rings.